The molecule has 0 saturated heterocycles. The normalized spacial score (nSPS) is 13.3. The van der Waals surface area contributed by atoms with Crippen molar-refractivity contribution in [3.63, 3.8) is 0 Å². The van der Waals surface area contributed by atoms with E-state index in [1.807, 2.05) is 16.8 Å². The molecule has 0 fully saturated rings. The molecule has 2 rings (SSSR count). The first-order chi connectivity index (χ1) is 9.31. The number of halogens is 2. The summed E-state index contributed by atoms with van der Waals surface area (Å²) in [6.45, 7) is 1.79. The van der Waals surface area contributed by atoms with Crippen molar-refractivity contribution in [2.45, 2.75) is 17.9 Å². The number of hydrogen-bond donors (Lipinski definition) is 2. The van der Waals surface area contributed by atoms with Crippen LogP contribution in [0.4, 0.5) is 5.69 Å². The van der Waals surface area contributed by atoms with Crippen molar-refractivity contribution >= 4 is 58.9 Å². The third-order valence-electron chi connectivity index (χ3n) is 2.68. The van der Waals surface area contributed by atoms with E-state index in [-0.39, 0.29) is 16.6 Å². The molecule has 3 N–H and O–H groups in total. The molecule has 1 atom stereocenters. The molecule has 1 unspecified atom stereocenters. The summed E-state index contributed by atoms with van der Waals surface area (Å²) >= 11 is 8.04. The summed E-state index contributed by atoms with van der Waals surface area (Å²) in [6.07, 6.45) is 0. The molecule has 0 aliphatic heterocycles. The van der Waals surface area contributed by atoms with Gasteiger partial charge in [0.25, 0.3) is 0 Å². The molecule has 0 aliphatic carbocycles. The van der Waals surface area contributed by atoms with Gasteiger partial charge in [0.05, 0.1) is 5.69 Å². The Labute approximate surface area is 138 Å². The molecule has 1 aromatic heterocycles. The molecular formula is C12H12Br2N2O2S2. The second-order valence-corrected chi connectivity index (χ2v) is 8.41. The Morgan fingerprint density at radius 1 is 1.35 bits per heavy atom. The summed E-state index contributed by atoms with van der Waals surface area (Å²) in [6, 6.07) is 4.79. The Hall–Kier alpha value is -0.410. The maximum Gasteiger partial charge on any atom is 0.244 e. The third kappa shape index (κ3) is 3.43. The fourth-order valence-corrected chi connectivity index (χ4v) is 5.80. The number of hydrogen-bond acceptors (Lipinski definition) is 4. The van der Waals surface area contributed by atoms with Gasteiger partial charge >= 0.3 is 0 Å². The number of benzene rings is 1. The van der Waals surface area contributed by atoms with Crippen LogP contribution in [0.1, 0.15) is 18.5 Å². The highest BCUT2D eigenvalue weighted by Gasteiger charge is 2.24. The van der Waals surface area contributed by atoms with Gasteiger partial charge in [0.1, 0.15) is 4.90 Å². The summed E-state index contributed by atoms with van der Waals surface area (Å²) < 4.78 is 28.7. The number of rotatable bonds is 4. The minimum absolute atomic E-state index is 0.0581. The van der Waals surface area contributed by atoms with E-state index in [4.69, 9.17) is 5.73 Å². The van der Waals surface area contributed by atoms with Crippen molar-refractivity contribution in [1.29, 1.82) is 0 Å². The zero-order valence-corrected chi connectivity index (χ0v) is 15.2. The molecule has 0 radical (unpaired) electrons. The van der Waals surface area contributed by atoms with Crippen LogP contribution >= 0.6 is 43.2 Å². The lowest BCUT2D eigenvalue weighted by molar-refractivity contribution is 0.567. The lowest BCUT2D eigenvalue weighted by atomic mass is 10.2. The minimum Gasteiger partial charge on any atom is -0.398 e. The quantitative estimate of drug-likeness (QED) is 0.709. The molecule has 108 valence electrons. The molecule has 2 aromatic rings. The highest BCUT2D eigenvalue weighted by atomic mass is 79.9. The SMILES string of the molecule is CC(NS(=O)(=O)c1c(N)cc(Br)cc1Br)c1ccsc1. The van der Waals surface area contributed by atoms with Crippen molar-refractivity contribution in [1.82, 2.24) is 4.72 Å². The molecule has 0 bridgehead atoms. The lowest BCUT2D eigenvalue weighted by Gasteiger charge is -2.15. The Balaban J connectivity index is 2.37. The summed E-state index contributed by atoms with van der Waals surface area (Å²) in [4.78, 5) is 0.0581. The number of nitrogen functional groups attached to an aromatic ring is 1. The molecule has 20 heavy (non-hydrogen) atoms. The third-order valence-corrected chi connectivity index (χ3v) is 6.39. The second-order valence-electron chi connectivity index (χ2n) is 4.21. The average molecular weight is 440 g/mol. The Morgan fingerprint density at radius 3 is 2.60 bits per heavy atom. The predicted molar refractivity (Wildman–Crippen MR) is 89.3 cm³/mol. The summed E-state index contributed by atoms with van der Waals surface area (Å²) in [7, 11) is -3.70. The molecule has 0 saturated carbocycles. The van der Waals surface area contributed by atoms with Gasteiger partial charge in [-0.15, -0.1) is 0 Å². The first kappa shape index (κ1) is 16.0. The Kier molecular flexibility index (Phi) is 4.91. The molecule has 0 aliphatic rings. The van der Waals surface area contributed by atoms with E-state index in [0.717, 1.165) is 5.56 Å². The van der Waals surface area contributed by atoms with E-state index in [0.29, 0.717) is 8.95 Å². The van der Waals surface area contributed by atoms with E-state index in [1.165, 1.54) is 11.3 Å². The van der Waals surface area contributed by atoms with Gasteiger partial charge in [0, 0.05) is 15.0 Å². The molecule has 0 amide bonds. The maximum absolute atomic E-state index is 12.5. The van der Waals surface area contributed by atoms with Crippen molar-refractivity contribution < 1.29 is 8.42 Å². The summed E-state index contributed by atoms with van der Waals surface area (Å²) in [5.74, 6) is 0. The van der Waals surface area contributed by atoms with Gasteiger partial charge in [0.2, 0.25) is 10.0 Å². The fourth-order valence-electron chi connectivity index (χ4n) is 1.74. The molecule has 1 heterocycles. The van der Waals surface area contributed by atoms with E-state index in [9.17, 15) is 8.42 Å². The number of sulfonamides is 1. The molecule has 0 spiro atoms. The van der Waals surface area contributed by atoms with Gasteiger partial charge in [-0.25, -0.2) is 13.1 Å². The van der Waals surface area contributed by atoms with Crippen LogP contribution in [-0.2, 0) is 10.0 Å². The van der Waals surface area contributed by atoms with Gasteiger partial charge in [0.15, 0.2) is 0 Å². The largest absolute Gasteiger partial charge is 0.398 e. The van der Waals surface area contributed by atoms with Crippen molar-refractivity contribution in [2.24, 2.45) is 0 Å². The van der Waals surface area contributed by atoms with Crippen molar-refractivity contribution in [2.75, 3.05) is 5.73 Å². The number of anilines is 1. The average Bonchev–Trinajstić information content (AvgIpc) is 2.78. The Bertz CT molecular complexity index is 692. The fraction of sp³-hybridized carbons (Fsp3) is 0.167. The second kappa shape index (κ2) is 6.15. The van der Waals surface area contributed by atoms with Crippen LogP contribution < -0.4 is 10.5 Å². The molecular weight excluding hydrogens is 428 g/mol. The monoisotopic (exact) mass is 438 g/mol. The number of nitrogens with one attached hydrogen (secondary N) is 1. The summed E-state index contributed by atoms with van der Waals surface area (Å²) in [5.41, 5.74) is 6.94. The van der Waals surface area contributed by atoms with E-state index < -0.39 is 10.0 Å². The topological polar surface area (TPSA) is 72.2 Å². The van der Waals surface area contributed by atoms with Gasteiger partial charge in [-0.1, -0.05) is 15.9 Å². The van der Waals surface area contributed by atoms with Gasteiger partial charge in [-0.2, -0.15) is 11.3 Å². The van der Waals surface area contributed by atoms with Crippen LogP contribution in [0.3, 0.4) is 0 Å². The first-order valence-corrected chi connectivity index (χ1v) is 9.61. The van der Waals surface area contributed by atoms with Crippen LogP contribution in [0, 0.1) is 0 Å². The smallest absolute Gasteiger partial charge is 0.244 e. The van der Waals surface area contributed by atoms with Crippen LogP contribution in [0.15, 0.2) is 42.8 Å². The zero-order chi connectivity index (χ0) is 14.9. The highest BCUT2D eigenvalue weighted by molar-refractivity contribution is 9.11. The highest BCUT2D eigenvalue weighted by Crippen LogP contribution is 2.32. The predicted octanol–water partition coefficient (Wildman–Crippen LogP) is 3.89. The summed E-state index contributed by atoms with van der Waals surface area (Å²) in [5, 5.41) is 3.82. The van der Waals surface area contributed by atoms with Crippen LogP contribution in [0.5, 0.6) is 0 Å². The first-order valence-electron chi connectivity index (χ1n) is 5.60. The minimum atomic E-state index is -3.70. The van der Waals surface area contributed by atoms with E-state index in [2.05, 4.69) is 36.6 Å². The molecule has 4 nitrogen and oxygen atoms in total. The standard InChI is InChI=1S/C12H12Br2N2O2S2/c1-7(8-2-3-19-6-8)16-20(17,18)12-10(14)4-9(13)5-11(12)15/h2-7,16H,15H2,1H3. The molecule has 1 aromatic carbocycles. The van der Waals surface area contributed by atoms with E-state index >= 15 is 0 Å². The van der Waals surface area contributed by atoms with E-state index in [1.54, 1.807) is 19.1 Å². The van der Waals surface area contributed by atoms with Crippen molar-refractivity contribution in [3.8, 4) is 0 Å². The Morgan fingerprint density at radius 2 is 2.05 bits per heavy atom. The number of thiophene rings is 1. The van der Waals surface area contributed by atoms with Gasteiger partial charge in [-0.05, 0) is 57.4 Å². The van der Waals surface area contributed by atoms with Crippen molar-refractivity contribution in [3.05, 3.63) is 43.5 Å². The maximum atomic E-state index is 12.5. The van der Waals surface area contributed by atoms with Crippen LogP contribution in [0.25, 0.3) is 0 Å². The van der Waals surface area contributed by atoms with Gasteiger partial charge < -0.3 is 5.73 Å². The van der Waals surface area contributed by atoms with Gasteiger partial charge in [-0.3, -0.25) is 0 Å². The van der Waals surface area contributed by atoms with Crippen LogP contribution in [0.2, 0.25) is 0 Å². The molecule has 8 heteroatoms. The zero-order valence-electron chi connectivity index (χ0n) is 10.4. The lowest BCUT2D eigenvalue weighted by Crippen LogP contribution is -2.27. The number of nitrogens with two attached hydrogens (primary N) is 1. The van der Waals surface area contributed by atoms with Crippen LogP contribution in [-0.4, -0.2) is 8.42 Å².